The predicted molar refractivity (Wildman–Crippen MR) is 96.4 cm³/mol. The van der Waals surface area contributed by atoms with Crippen LogP contribution in [0.4, 0.5) is 5.69 Å². The zero-order chi connectivity index (χ0) is 17.2. The molecule has 4 rings (SSSR count). The average Bonchev–Trinajstić information content (AvgIpc) is 2.64. The summed E-state index contributed by atoms with van der Waals surface area (Å²) in [5, 5.41) is 3.72. The first-order valence-corrected chi connectivity index (χ1v) is 7.80. The third-order valence-corrected chi connectivity index (χ3v) is 3.97. The molecular formula is C19H14N4O2. The highest BCUT2D eigenvalue weighted by atomic mass is 16.2. The summed E-state index contributed by atoms with van der Waals surface area (Å²) in [5.74, 6) is -0.283. The van der Waals surface area contributed by atoms with Gasteiger partial charge in [-0.3, -0.25) is 19.1 Å². The molecule has 6 nitrogen and oxygen atoms in total. The molecule has 0 aliphatic rings. The van der Waals surface area contributed by atoms with Gasteiger partial charge < -0.3 is 5.32 Å². The van der Waals surface area contributed by atoms with Crippen LogP contribution in [0.15, 0.2) is 71.8 Å². The van der Waals surface area contributed by atoms with Gasteiger partial charge in [-0.1, -0.05) is 18.2 Å². The molecule has 0 aliphatic heterocycles. The Balaban J connectivity index is 1.67. The lowest BCUT2D eigenvalue weighted by molar-refractivity contribution is -0.116. The van der Waals surface area contributed by atoms with Gasteiger partial charge in [-0.25, -0.2) is 4.98 Å². The number of rotatable bonds is 3. The molecule has 1 amide bonds. The lowest BCUT2D eigenvalue weighted by atomic mass is 10.2. The molecule has 4 aromatic rings. The van der Waals surface area contributed by atoms with Crippen LogP contribution in [0, 0.1) is 0 Å². The summed E-state index contributed by atoms with van der Waals surface area (Å²) < 4.78 is 1.42. The average molecular weight is 330 g/mol. The first-order chi connectivity index (χ1) is 12.2. The Morgan fingerprint density at radius 2 is 1.80 bits per heavy atom. The van der Waals surface area contributed by atoms with E-state index in [-0.39, 0.29) is 18.0 Å². The van der Waals surface area contributed by atoms with Crippen LogP contribution in [0.25, 0.3) is 21.9 Å². The molecule has 0 unspecified atom stereocenters. The zero-order valence-corrected chi connectivity index (χ0v) is 13.2. The Morgan fingerprint density at radius 3 is 2.72 bits per heavy atom. The quantitative estimate of drug-likeness (QED) is 0.626. The van der Waals surface area contributed by atoms with E-state index in [0.29, 0.717) is 16.7 Å². The maximum absolute atomic E-state index is 12.5. The molecule has 0 saturated heterocycles. The summed E-state index contributed by atoms with van der Waals surface area (Å²) in [6.45, 7) is -0.0848. The Hall–Kier alpha value is -3.54. The van der Waals surface area contributed by atoms with Crippen molar-refractivity contribution in [3.63, 3.8) is 0 Å². The highest BCUT2D eigenvalue weighted by Gasteiger charge is 2.10. The van der Waals surface area contributed by atoms with Gasteiger partial charge in [0.15, 0.2) is 0 Å². The largest absolute Gasteiger partial charge is 0.324 e. The molecule has 0 aliphatic carbocycles. The molecule has 2 heterocycles. The van der Waals surface area contributed by atoms with Crippen LogP contribution < -0.4 is 10.9 Å². The fraction of sp³-hybridized carbons (Fsp3) is 0.0526. The van der Waals surface area contributed by atoms with Crippen LogP contribution in [-0.2, 0) is 11.3 Å². The third-order valence-electron chi connectivity index (χ3n) is 3.97. The topological polar surface area (TPSA) is 76.9 Å². The Labute approximate surface area is 142 Å². The minimum absolute atomic E-state index is 0.0848. The number of carbonyl (C=O) groups is 1. The number of anilines is 1. The minimum Gasteiger partial charge on any atom is -0.324 e. The molecule has 0 saturated carbocycles. The van der Waals surface area contributed by atoms with E-state index in [1.165, 1.54) is 10.8 Å². The number of pyridine rings is 1. The number of amides is 1. The summed E-state index contributed by atoms with van der Waals surface area (Å²) in [7, 11) is 0. The summed E-state index contributed by atoms with van der Waals surface area (Å²) >= 11 is 0. The number of fused-ring (bicyclic) bond motifs is 2. The van der Waals surface area contributed by atoms with Gasteiger partial charge in [0.2, 0.25) is 5.91 Å². The van der Waals surface area contributed by atoms with Crippen molar-refractivity contribution in [3.05, 3.63) is 77.3 Å². The van der Waals surface area contributed by atoms with E-state index >= 15 is 0 Å². The Morgan fingerprint density at radius 1 is 0.960 bits per heavy atom. The summed E-state index contributed by atoms with van der Waals surface area (Å²) in [5.41, 5.74) is 2.45. The van der Waals surface area contributed by atoms with Gasteiger partial charge in [-0.05, 0) is 36.4 Å². The fourth-order valence-electron chi connectivity index (χ4n) is 2.82. The maximum atomic E-state index is 12.5. The van der Waals surface area contributed by atoms with E-state index in [2.05, 4.69) is 15.3 Å². The van der Waals surface area contributed by atoms with E-state index in [1.54, 1.807) is 18.3 Å². The third kappa shape index (κ3) is 2.85. The van der Waals surface area contributed by atoms with Crippen molar-refractivity contribution in [3.8, 4) is 0 Å². The lowest BCUT2D eigenvalue weighted by Crippen LogP contribution is -2.28. The molecule has 0 spiro atoms. The van der Waals surface area contributed by atoms with Crippen LogP contribution in [-0.4, -0.2) is 20.4 Å². The van der Waals surface area contributed by atoms with Crippen molar-refractivity contribution in [1.82, 2.24) is 14.5 Å². The molecule has 0 bridgehead atoms. The lowest BCUT2D eigenvalue weighted by Gasteiger charge is -2.11. The molecule has 0 fully saturated rings. The second-order valence-corrected chi connectivity index (χ2v) is 5.60. The first-order valence-electron chi connectivity index (χ1n) is 7.80. The number of carbonyl (C=O) groups excluding carboxylic acids is 1. The molecule has 1 N–H and O–H groups in total. The van der Waals surface area contributed by atoms with Gasteiger partial charge in [0.05, 0.1) is 28.4 Å². The van der Waals surface area contributed by atoms with E-state index in [9.17, 15) is 9.59 Å². The van der Waals surface area contributed by atoms with Gasteiger partial charge in [-0.15, -0.1) is 0 Å². The van der Waals surface area contributed by atoms with Crippen molar-refractivity contribution in [1.29, 1.82) is 0 Å². The molecule has 2 aromatic heterocycles. The van der Waals surface area contributed by atoms with E-state index in [1.807, 2.05) is 42.5 Å². The van der Waals surface area contributed by atoms with Crippen LogP contribution >= 0.6 is 0 Å². The van der Waals surface area contributed by atoms with Crippen molar-refractivity contribution in [2.45, 2.75) is 6.54 Å². The van der Waals surface area contributed by atoms with Gasteiger partial charge >= 0.3 is 0 Å². The second-order valence-electron chi connectivity index (χ2n) is 5.60. The zero-order valence-electron chi connectivity index (χ0n) is 13.2. The second kappa shape index (κ2) is 6.16. The summed E-state index contributed by atoms with van der Waals surface area (Å²) in [4.78, 5) is 33.0. The highest BCUT2D eigenvalue weighted by Crippen LogP contribution is 2.21. The standard InChI is InChI=1S/C19H14N4O2/c24-18(22-15-8-3-7-14-13(15)5-4-10-20-14)12-23-17-9-2-1-6-16(17)21-11-19(23)25/h1-11H,12H2,(H,22,24). The number of aromatic nitrogens is 3. The Kier molecular flexibility index (Phi) is 3.70. The molecule has 0 radical (unpaired) electrons. The molecule has 0 atom stereocenters. The van der Waals surface area contributed by atoms with Crippen molar-refractivity contribution >= 4 is 33.5 Å². The van der Waals surface area contributed by atoms with Crippen molar-refractivity contribution in [2.24, 2.45) is 0 Å². The summed E-state index contributed by atoms with van der Waals surface area (Å²) in [6, 6.07) is 16.5. The maximum Gasteiger partial charge on any atom is 0.269 e. The molecule has 122 valence electrons. The number of para-hydroxylation sites is 2. The van der Waals surface area contributed by atoms with Gasteiger partial charge in [0.1, 0.15) is 6.54 Å². The van der Waals surface area contributed by atoms with Gasteiger partial charge in [0, 0.05) is 11.6 Å². The monoisotopic (exact) mass is 330 g/mol. The van der Waals surface area contributed by atoms with Gasteiger partial charge in [0.25, 0.3) is 5.56 Å². The summed E-state index contributed by atoms with van der Waals surface area (Å²) in [6.07, 6.45) is 2.94. The number of hydrogen-bond acceptors (Lipinski definition) is 4. The highest BCUT2D eigenvalue weighted by molar-refractivity contribution is 6.01. The smallest absolute Gasteiger partial charge is 0.269 e. The number of benzene rings is 2. The van der Waals surface area contributed by atoms with Gasteiger partial charge in [-0.2, -0.15) is 0 Å². The Bertz CT molecular complexity index is 1150. The normalized spacial score (nSPS) is 10.9. The molecular weight excluding hydrogens is 316 g/mol. The predicted octanol–water partition coefficient (Wildman–Crippen LogP) is 2.58. The van der Waals surface area contributed by atoms with Crippen LogP contribution in [0.5, 0.6) is 0 Å². The van der Waals surface area contributed by atoms with E-state index in [4.69, 9.17) is 0 Å². The number of nitrogens with one attached hydrogen (secondary N) is 1. The van der Waals surface area contributed by atoms with Crippen LogP contribution in [0.3, 0.4) is 0 Å². The van der Waals surface area contributed by atoms with Crippen LogP contribution in [0.1, 0.15) is 0 Å². The van der Waals surface area contributed by atoms with E-state index in [0.717, 1.165) is 10.9 Å². The fourth-order valence-corrected chi connectivity index (χ4v) is 2.82. The van der Waals surface area contributed by atoms with Crippen molar-refractivity contribution in [2.75, 3.05) is 5.32 Å². The minimum atomic E-state index is -0.312. The first kappa shape index (κ1) is 15.0. The molecule has 2 aromatic carbocycles. The van der Waals surface area contributed by atoms with Crippen LogP contribution in [0.2, 0.25) is 0 Å². The van der Waals surface area contributed by atoms with E-state index < -0.39 is 0 Å². The SMILES string of the molecule is O=C(Cn1c(=O)cnc2ccccc21)Nc1cccc2ncccc12. The molecule has 6 heteroatoms. The molecule has 25 heavy (non-hydrogen) atoms. The van der Waals surface area contributed by atoms with Crippen molar-refractivity contribution < 1.29 is 4.79 Å². The number of hydrogen-bond donors (Lipinski definition) is 1. The number of nitrogens with zero attached hydrogens (tertiary/aromatic N) is 3.